The van der Waals surface area contributed by atoms with Crippen molar-refractivity contribution in [3.63, 3.8) is 0 Å². The number of aromatic nitrogens is 1. The van der Waals surface area contributed by atoms with Crippen LogP contribution in [-0.2, 0) is 0 Å². The van der Waals surface area contributed by atoms with Crippen LogP contribution in [0.25, 0.3) is 0 Å². The third-order valence-corrected chi connectivity index (χ3v) is 3.22. The predicted molar refractivity (Wildman–Crippen MR) is 80.5 cm³/mol. The van der Waals surface area contributed by atoms with Gasteiger partial charge < -0.3 is 10.6 Å². The first-order chi connectivity index (χ1) is 9.51. The van der Waals surface area contributed by atoms with Crippen molar-refractivity contribution < 1.29 is 8.78 Å². The second kappa shape index (κ2) is 6.17. The number of pyridine rings is 1. The van der Waals surface area contributed by atoms with Gasteiger partial charge in [0.15, 0.2) is 23.3 Å². The molecule has 2 aromatic rings. The number of aryl methyl sites for hydroxylation is 1. The summed E-state index contributed by atoms with van der Waals surface area (Å²) >= 11 is 3.35. The van der Waals surface area contributed by atoms with Crippen LogP contribution in [0.4, 0.5) is 26.1 Å². The second-order valence-corrected chi connectivity index (χ2v) is 5.18. The lowest BCUT2D eigenvalue weighted by molar-refractivity contribution is 0.579. The highest BCUT2D eigenvalue weighted by molar-refractivity contribution is 9.10. The maximum atomic E-state index is 13.8. The SMILES string of the molecule is CCNc1nc(Nc2cc(Br)ccc2C)c(F)cc1F. The van der Waals surface area contributed by atoms with Crippen molar-refractivity contribution in [2.45, 2.75) is 13.8 Å². The lowest BCUT2D eigenvalue weighted by atomic mass is 10.2. The van der Waals surface area contributed by atoms with E-state index in [0.29, 0.717) is 12.2 Å². The lowest BCUT2D eigenvalue weighted by Crippen LogP contribution is -2.06. The maximum Gasteiger partial charge on any atom is 0.169 e. The van der Waals surface area contributed by atoms with E-state index in [1.165, 1.54) is 0 Å². The van der Waals surface area contributed by atoms with Gasteiger partial charge in [0.1, 0.15) is 0 Å². The van der Waals surface area contributed by atoms with E-state index in [4.69, 9.17) is 0 Å². The van der Waals surface area contributed by atoms with E-state index < -0.39 is 11.6 Å². The Bertz CT molecular complexity index is 632. The average Bonchev–Trinajstić information content (AvgIpc) is 2.39. The number of hydrogen-bond acceptors (Lipinski definition) is 3. The summed E-state index contributed by atoms with van der Waals surface area (Å²) in [4.78, 5) is 3.94. The highest BCUT2D eigenvalue weighted by atomic mass is 79.9. The molecule has 1 aromatic heterocycles. The van der Waals surface area contributed by atoms with Gasteiger partial charge in [-0.3, -0.25) is 0 Å². The molecule has 6 heteroatoms. The zero-order valence-corrected chi connectivity index (χ0v) is 12.7. The fraction of sp³-hybridized carbons (Fsp3) is 0.214. The topological polar surface area (TPSA) is 37.0 Å². The molecule has 2 rings (SSSR count). The number of benzene rings is 1. The number of nitrogens with one attached hydrogen (secondary N) is 2. The van der Waals surface area contributed by atoms with E-state index >= 15 is 0 Å². The summed E-state index contributed by atoms with van der Waals surface area (Å²) in [7, 11) is 0. The molecule has 2 N–H and O–H groups in total. The van der Waals surface area contributed by atoms with Gasteiger partial charge in [-0.1, -0.05) is 22.0 Å². The van der Waals surface area contributed by atoms with Crippen molar-refractivity contribution >= 4 is 33.3 Å². The molecule has 0 radical (unpaired) electrons. The molecule has 0 fully saturated rings. The molecule has 1 heterocycles. The molecule has 0 atom stereocenters. The minimum atomic E-state index is -0.733. The third kappa shape index (κ3) is 3.25. The summed E-state index contributed by atoms with van der Waals surface area (Å²) in [5.74, 6) is -1.42. The van der Waals surface area contributed by atoms with E-state index in [0.717, 1.165) is 16.1 Å². The van der Waals surface area contributed by atoms with Gasteiger partial charge in [0, 0.05) is 22.8 Å². The van der Waals surface area contributed by atoms with Gasteiger partial charge in [0.05, 0.1) is 0 Å². The summed E-state index contributed by atoms with van der Waals surface area (Å²) in [6.45, 7) is 4.21. The molecule has 0 saturated carbocycles. The molecule has 20 heavy (non-hydrogen) atoms. The largest absolute Gasteiger partial charge is 0.368 e. The fourth-order valence-corrected chi connectivity index (χ4v) is 2.06. The van der Waals surface area contributed by atoms with Crippen LogP contribution in [0.3, 0.4) is 0 Å². The van der Waals surface area contributed by atoms with Crippen molar-refractivity contribution in [3.8, 4) is 0 Å². The van der Waals surface area contributed by atoms with E-state index in [1.807, 2.05) is 32.0 Å². The molecular weight excluding hydrogens is 328 g/mol. The van der Waals surface area contributed by atoms with E-state index in [2.05, 4.69) is 31.5 Å². The normalized spacial score (nSPS) is 10.4. The van der Waals surface area contributed by atoms with Crippen LogP contribution >= 0.6 is 15.9 Å². The van der Waals surface area contributed by atoms with Crippen LogP contribution in [0, 0.1) is 18.6 Å². The van der Waals surface area contributed by atoms with Crippen LogP contribution in [0.2, 0.25) is 0 Å². The molecule has 0 aliphatic rings. The van der Waals surface area contributed by atoms with Gasteiger partial charge in [0.25, 0.3) is 0 Å². The highest BCUT2D eigenvalue weighted by Gasteiger charge is 2.12. The second-order valence-electron chi connectivity index (χ2n) is 4.26. The molecule has 0 aliphatic carbocycles. The summed E-state index contributed by atoms with van der Waals surface area (Å²) in [5.41, 5.74) is 1.64. The summed E-state index contributed by atoms with van der Waals surface area (Å²) in [6.07, 6.45) is 0. The number of halogens is 3. The monoisotopic (exact) mass is 341 g/mol. The van der Waals surface area contributed by atoms with Crippen LogP contribution in [0.15, 0.2) is 28.7 Å². The van der Waals surface area contributed by atoms with Crippen molar-refractivity contribution in [1.82, 2.24) is 4.98 Å². The van der Waals surface area contributed by atoms with Crippen LogP contribution in [-0.4, -0.2) is 11.5 Å². The Balaban J connectivity index is 2.37. The Morgan fingerprint density at radius 1 is 1.15 bits per heavy atom. The minimum absolute atomic E-state index is 0.0106. The van der Waals surface area contributed by atoms with E-state index in [1.54, 1.807) is 0 Å². The van der Waals surface area contributed by atoms with Crippen molar-refractivity contribution in [3.05, 3.63) is 45.9 Å². The quantitative estimate of drug-likeness (QED) is 0.852. The molecule has 1 aromatic carbocycles. The average molecular weight is 342 g/mol. The number of anilines is 3. The third-order valence-electron chi connectivity index (χ3n) is 2.73. The van der Waals surface area contributed by atoms with Gasteiger partial charge in [-0.2, -0.15) is 0 Å². The van der Waals surface area contributed by atoms with E-state index in [9.17, 15) is 8.78 Å². The van der Waals surface area contributed by atoms with Crippen LogP contribution in [0.5, 0.6) is 0 Å². The molecule has 3 nitrogen and oxygen atoms in total. The number of rotatable bonds is 4. The number of hydrogen-bond donors (Lipinski definition) is 2. The summed E-state index contributed by atoms with van der Waals surface area (Å²) < 4.78 is 28.1. The zero-order chi connectivity index (χ0) is 14.7. The molecule has 0 amide bonds. The van der Waals surface area contributed by atoms with Gasteiger partial charge in [-0.15, -0.1) is 0 Å². The fourth-order valence-electron chi connectivity index (χ4n) is 1.70. The minimum Gasteiger partial charge on any atom is -0.368 e. The van der Waals surface area contributed by atoms with Gasteiger partial charge in [-0.05, 0) is 31.5 Å². The van der Waals surface area contributed by atoms with Crippen molar-refractivity contribution in [1.29, 1.82) is 0 Å². The molecule has 0 aliphatic heterocycles. The first-order valence-corrected chi connectivity index (χ1v) is 6.93. The first-order valence-electron chi connectivity index (χ1n) is 6.14. The van der Waals surface area contributed by atoms with Crippen LogP contribution < -0.4 is 10.6 Å². The zero-order valence-electron chi connectivity index (χ0n) is 11.1. The summed E-state index contributed by atoms with van der Waals surface area (Å²) in [5, 5.41) is 5.64. The maximum absolute atomic E-state index is 13.8. The van der Waals surface area contributed by atoms with Gasteiger partial charge in [-0.25, -0.2) is 13.8 Å². The molecular formula is C14H14BrF2N3. The van der Waals surface area contributed by atoms with Crippen molar-refractivity contribution in [2.24, 2.45) is 0 Å². The Labute approximate surface area is 124 Å². The lowest BCUT2D eigenvalue weighted by Gasteiger charge is -2.12. The van der Waals surface area contributed by atoms with E-state index in [-0.39, 0.29) is 11.6 Å². The van der Waals surface area contributed by atoms with Gasteiger partial charge in [0.2, 0.25) is 0 Å². The molecule has 0 unspecified atom stereocenters. The molecule has 106 valence electrons. The molecule has 0 bridgehead atoms. The Morgan fingerprint density at radius 2 is 1.85 bits per heavy atom. The Hall–Kier alpha value is -1.69. The predicted octanol–water partition coefficient (Wildman–Crippen LogP) is 4.61. The molecule has 0 saturated heterocycles. The number of nitrogens with zero attached hydrogens (tertiary/aromatic N) is 1. The highest BCUT2D eigenvalue weighted by Crippen LogP contribution is 2.26. The van der Waals surface area contributed by atoms with Crippen molar-refractivity contribution in [2.75, 3.05) is 17.2 Å². The first kappa shape index (κ1) is 14.7. The Kier molecular flexibility index (Phi) is 4.54. The van der Waals surface area contributed by atoms with Gasteiger partial charge >= 0.3 is 0 Å². The van der Waals surface area contributed by atoms with Crippen LogP contribution in [0.1, 0.15) is 12.5 Å². The summed E-state index contributed by atoms with van der Waals surface area (Å²) in [6, 6.07) is 6.41. The standard InChI is InChI=1S/C14H14BrF2N3/c1-3-18-13-10(16)7-11(17)14(20-13)19-12-6-9(15)5-4-8(12)2/h4-7H,3H2,1-2H3,(H2,18,19,20). The smallest absolute Gasteiger partial charge is 0.169 e. The molecule has 0 spiro atoms. The Morgan fingerprint density at radius 3 is 2.55 bits per heavy atom.